The summed E-state index contributed by atoms with van der Waals surface area (Å²) >= 11 is 1.90. The van der Waals surface area contributed by atoms with Gasteiger partial charge in [0.05, 0.1) is 0 Å². The SMILES string of the molecule is [Cl][Pt][Cl].c1ccc(P(CCSC23CC4CC(CC(C4)C2)C3)c2ccccc2)cc1. The van der Waals surface area contributed by atoms with Crippen LogP contribution >= 0.6 is 38.5 Å². The van der Waals surface area contributed by atoms with Gasteiger partial charge in [-0.3, -0.25) is 0 Å². The van der Waals surface area contributed by atoms with Crippen molar-refractivity contribution in [3.63, 3.8) is 0 Å². The van der Waals surface area contributed by atoms with Crippen LogP contribution in [0.5, 0.6) is 0 Å². The third kappa shape index (κ3) is 5.84. The molecule has 4 aliphatic rings. The zero-order valence-corrected chi connectivity index (χ0v) is 22.1. The first kappa shape index (κ1) is 22.7. The summed E-state index contributed by atoms with van der Waals surface area (Å²) in [6.45, 7) is 0. The molecule has 0 unspecified atom stereocenters. The standard InChI is InChI=1S/C24H29PS.2ClH.Pt/c1-3-7-22(8-4-1)25(23-9-5-2-6-10-23)11-12-26-24-16-19-13-20(17-24)15-21(14-19)18-24;;;/h1-10,19-21H,11-18H2;2*1H;/q;;;+2/p-2. The molecule has 0 nitrogen and oxygen atoms in total. The van der Waals surface area contributed by atoms with Crippen LogP contribution in [0.15, 0.2) is 60.7 Å². The fourth-order valence-corrected chi connectivity index (χ4v) is 10.7. The van der Waals surface area contributed by atoms with Gasteiger partial charge in [0.15, 0.2) is 0 Å². The summed E-state index contributed by atoms with van der Waals surface area (Å²) in [5.41, 5.74) is 0. The summed E-state index contributed by atoms with van der Waals surface area (Å²) in [5, 5.41) is 3.08. The Balaban J connectivity index is 0.000000645. The molecular formula is C24H29Cl2PPtS. The summed E-state index contributed by atoms with van der Waals surface area (Å²) in [4.78, 5) is 0. The second kappa shape index (κ2) is 10.9. The number of thioether (sulfide) groups is 1. The number of hydrogen-bond donors (Lipinski definition) is 0. The Morgan fingerprint density at radius 3 is 1.62 bits per heavy atom. The molecule has 0 radical (unpaired) electrons. The zero-order chi connectivity index (χ0) is 20.1. The van der Waals surface area contributed by atoms with Crippen LogP contribution in [0.2, 0.25) is 0 Å². The van der Waals surface area contributed by atoms with Crippen LogP contribution in [0.25, 0.3) is 0 Å². The van der Waals surface area contributed by atoms with E-state index < -0.39 is 16.5 Å². The molecule has 2 aromatic rings. The van der Waals surface area contributed by atoms with Gasteiger partial charge in [0.2, 0.25) is 0 Å². The first-order chi connectivity index (χ1) is 14.2. The predicted octanol–water partition coefficient (Wildman–Crippen LogP) is 7.20. The van der Waals surface area contributed by atoms with Gasteiger partial charge in [-0.25, -0.2) is 0 Å². The van der Waals surface area contributed by atoms with E-state index in [1.165, 1.54) is 31.2 Å². The topological polar surface area (TPSA) is 0 Å². The summed E-state index contributed by atoms with van der Waals surface area (Å²) in [5.74, 6) is 4.54. The second-order valence-electron chi connectivity index (χ2n) is 8.82. The summed E-state index contributed by atoms with van der Waals surface area (Å²) in [7, 11) is 9.53. The van der Waals surface area contributed by atoms with Gasteiger partial charge in [0.25, 0.3) is 0 Å². The van der Waals surface area contributed by atoms with Crippen molar-refractivity contribution >= 4 is 49.1 Å². The monoisotopic (exact) mass is 645 g/mol. The molecule has 5 heteroatoms. The largest absolute Gasteiger partial charge is 0.155 e. The van der Waals surface area contributed by atoms with Gasteiger partial charge in [-0.2, -0.15) is 11.8 Å². The van der Waals surface area contributed by atoms with Gasteiger partial charge in [0.1, 0.15) is 0 Å². The van der Waals surface area contributed by atoms with Gasteiger partial charge in [-0.15, -0.1) is 0 Å². The van der Waals surface area contributed by atoms with Gasteiger partial charge < -0.3 is 0 Å². The predicted molar refractivity (Wildman–Crippen MR) is 129 cm³/mol. The number of rotatable bonds is 6. The molecule has 4 aliphatic carbocycles. The van der Waals surface area contributed by atoms with Crippen molar-refractivity contribution in [3.8, 4) is 0 Å². The second-order valence-corrected chi connectivity index (χ2v) is 16.0. The Morgan fingerprint density at radius 1 is 0.793 bits per heavy atom. The first-order valence-corrected chi connectivity index (χ1v) is 18.7. The molecule has 0 aromatic heterocycles. The Kier molecular flexibility index (Phi) is 8.50. The van der Waals surface area contributed by atoms with E-state index in [1.54, 1.807) is 29.9 Å². The smallest absolute Gasteiger partial charge is 0.0168 e. The van der Waals surface area contributed by atoms with Crippen molar-refractivity contribution in [2.24, 2.45) is 17.8 Å². The molecule has 0 amide bonds. The minimum Gasteiger partial charge on any atom is -0.155 e. The van der Waals surface area contributed by atoms with Crippen molar-refractivity contribution < 1.29 is 16.5 Å². The van der Waals surface area contributed by atoms with Crippen LogP contribution in [0, 0.1) is 17.8 Å². The number of halogens is 2. The molecule has 4 bridgehead atoms. The maximum absolute atomic E-state index is 4.88. The number of benzene rings is 2. The van der Waals surface area contributed by atoms with Crippen LogP contribution in [0.3, 0.4) is 0 Å². The summed E-state index contributed by atoms with van der Waals surface area (Å²) < 4.78 is 0.656. The van der Waals surface area contributed by atoms with E-state index in [4.69, 9.17) is 18.8 Å². The minimum absolute atomic E-state index is 0.219. The molecular weight excluding hydrogens is 617 g/mol. The van der Waals surface area contributed by atoms with Crippen LogP contribution in [-0.2, 0) is 16.5 Å². The van der Waals surface area contributed by atoms with Crippen LogP contribution in [0.1, 0.15) is 38.5 Å². The molecule has 0 aliphatic heterocycles. The van der Waals surface area contributed by atoms with Gasteiger partial charge >= 0.3 is 35.3 Å². The van der Waals surface area contributed by atoms with E-state index in [1.807, 2.05) is 0 Å². The fourth-order valence-electron chi connectivity index (χ4n) is 6.18. The average Bonchev–Trinajstić information content (AvgIpc) is 2.72. The Morgan fingerprint density at radius 2 is 1.21 bits per heavy atom. The Labute approximate surface area is 198 Å². The molecule has 0 saturated heterocycles. The molecule has 2 aromatic carbocycles. The van der Waals surface area contributed by atoms with Crippen molar-refractivity contribution in [2.75, 3.05) is 11.9 Å². The van der Waals surface area contributed by atoms with Crippen molar-refractivity contribution in [1.29, 1.82) is 0 Å². The summed E-state index contributed by atoms with van der Waals surface area (Å²) in [6, 6.07) is 22.5. The molecule has 4 saturated carbocycles. The maximum atomic E-state index is 4.88. The molecule has 4 fully saturated rings. The first-order valence-electron chi connectivity index (χ1n) is 10.6. The van der Waals surface area contributed by atoms with Gasteiger partial charge in [-0.1, -0.05) is 60.7 Å². The number of hydrogen-bond acceptors (Lipinski definition) is 1. The van der Waals surface area contributed by atoms with E-state index >= 15 is 0 Å². The van der Waals surface area contributed by atoms with E-state index in [-0.39, 0.29) is 7.92 Å². The third-order valence-corrected chi connectivity index (χ3v) is 11.2. The average molecular weight is 647 g/mol. The van der Waals surface area contributed by atoms with Gasteiger partial charge in [-0.05, 0) is 86.7 Å². The molecule has 6 rings (SSSR count). The molecule has 0 heterocycles. The van der Waals surface area contributed by atoms with Gasteiger partial charge in [0, 0.05) is 4.75 Å². The van der Waals surface area contributed by atoms with E-state index in [2.05, 4.69) is 72.4 Å². The van der Waals surface area contributed by atoms with Crippen molar-refractivity contribution in [2.45, 2.75) is 43.3 Å². The summed E-state index contributed by atoms with van der Waals surface area (Å²) in [6.07, 6.45) is 10.6. The van der Waals surface area contributed by atoms with Crippen molar-refractivity contribution in [1.82, 2.24) is 0 Å². The molecule has 29 heavy (non-hydrogen) atoms. The Hall–Kier alpha value is 0.488. The van der Waals surface area contributed by atoms with Crippen LogP contribution in [0.4, 0.5) is 0 Å². The van der Waals surface area contributed by atoms with Crippen LogP contribution in [-0.4, -0.2) is 16.7 Å². The van der Waals surface area contributed by atoms with E-state index in [9.17, 15) is 0 Å². The van der Waals surface area contributed by atoms with Crippen LogP contribution < -0.4 is 10.6 Å². The normalized spacial score (nSPS) is 29.7. The minimum atomic E-state index is -0.472. The fraction of sp³-hybridized carbons (Fsp3) is 0.500. The molecule has 160 valence electrons. The third-order valence-electron chi connectivity index (χ3n) is 6.84. The zero-order valence-electron chi connectivity index (χ0n) is 16.6. The molecule has 0 spiro atoms. The van der Waals surface area contributed by atoms with E-state index in [0.29, 0.717) is 4.75 Å². The maximum Gasteiger partial charge on any atom is 0.0168 e. The Bertz CT molecular complexity index is 683. The van der Waals surface area contributed by atoms with E-state index in [0.717, 1.165) is 17.8 Å². The molecule has 0 N–H and O–H groups in total. The van der Waals surface area contributed by atoms with Crippen molar-refractivity contribution in [3.05, 3.63) is 60.7 Å². The molecule has 0 atom stereocenters. The quantitative estimate of drug-likeness (QED) is 0.300.